The number of nitrogens with one attached hydrogen (secondary N) is 1. The third kappa shape index (κ3) is 4.23. The van der Waals surface area contributed by atoms with Gasteiger partial charge in [0.1, 0.15) is 0 Å². The van der Waals surface area contributed by atoms with Crippen LogP contribution in [0.4, 0.5) is 17.1 Å². The highest BCUT2D eigenvalue weighted by Gasteiger charge is 2.11. The molecule has 3 aromatic rings. The van der Waals surface area contributed by atoms with Gasteiger partial charge >= 0.3 is 0 Å². The van der Waals surface area contributed by atoms with Crippen LogP contribution in [-0.2, 0) is 0 Å². The highest BCUT2D eigenvalue weighted by molar-refractivity contribution is 5.80. The van der Waals surface area contributed by atoms with E-state index >= 15 is 0 Å². The normalized spacial score (nSPS) is 10.6. The van der Waals surface area contributed by atoms with E-state index in [2.05, 4.69) is 51.5 Å². The molecule has 3 rings (SSSR count). The van der Waals surface area contributed by atoms with Crippen molar-refractivity contribution in [3.05, 3.63) is 90.5 Å². The fourth-order valence-corrected chi connectivity index (χ4v) is 2.50. The van der Waals surface area contributed by atoms with E-state index in [-0.39, 0.29) is 5.96 Å². The maximum Gasteiger partial charge on any atom is 0.256 e. The van der Waals surface area contributed by atoms with Gasteiger partial charge in [-0.1, -0.05) is 36.4 Å². The SMILES string of the molecule is NC(N)=N/[NH+]=C\c1ccc(N(c2ccccc2)c2ccccc2)cc1. The second-order valence-electron chi connectivity index (χ2n) is 5.41. The van der Waals surface area contributed by atoms with Crippen LogP contribution in [0.25, 0.3) is 0 Å². The zero-order valence-corrected chi connectivity index (χ0v) is 13.7. The van der Waals surface area contributed by atoms with Crippen LogP contribution in [-0.4, -0.2) is 12.2 Å². The molecule has 0 fully saturated rings. The van der Waals surface area contributed by atoms with Gasteiger partial charge in [-0.25, -0.2) is 0 Å². The predicted octanol–water partition coefficient (Wildman–Crippen LogP) is 1.84. The number of nitrogens with zero attached hydrogens (tertiary/aromatic N) is 2. The summed E-state index contributed by atoms with van der Waals surface area (Å²) in [6.07, 6.45) is 1.73. The largest absolute Gasteiger partial charge is 0.365 e. The molecule has 0 saturated heterocycles. The van der Waals surface area contributed by atoms with Gasteiger partial charge in [0.15, 0.2) is 0 Å². The Morgan fingerprint density at radius 3 is 1.68 bits per heavy atom. The molecule has 0 radical (unpaired) electrons. The molecule has 0 spiro atoms. The van der Waals surface area contributed by atoms with Crippen molar-refractivity contribution in [1.82, 2.24) is 0 Å². The number of benzene rings is 3. The van der Waals surface area contributed by atoms with E-state index in [0.717, 1.165) is 22.6 Å². The minimum Gasteiger partial charge on any atom is -0.365 e. The molecule has 0 unspecified atom stereocenters. The van der Waals surface area contributed by atoms with Gasteiger partial charge < -0.3 is 16.4 Å². The summed E-state index contributed by atoms with van der Waals surface area (Å²) in [5, 5.41) is 6.44. The summed E-state index contributed by atoms with van der Waals surface area (Å²) in [5.41, 5.74) is 14.8. The van der Waals surface area contributed by atoms with Crippen LogP contribution in [0.3, 0.4) is 0 Å². The first-order valence-electron chi connectivity index (χ1n) is 7.92. The first-order chi connectivity index (χ1) is 12.2. The van der Waals surface area contributed by atoms with Crippen molar-refractivity contribution in [2.24, 2.45) is 16.6 Å². The average molecular weight is 330 g/mol. The first kappa shape index (κ1) is 16.3. The van der Waals surface area contributed by atoms with E-state index < -0.39 is 0 Å². The predicted molar refractivity (Wildman–Crippen MR) is 103 cm³/mol. The summed E-state index contributed by atoms with van der Waals surface area (Å²) >= 11 is 0. The number of nitrogens with two attached hydrogens (primary N) is 2. The van der Waals surface area contributed by atoms with E-state index in [1.165, 1.54) is 0 Å². The summed E-state index contributed by atoms with van der Waals surface area (Å²) < 4.78 is 0. The highest BCUT2D eigenvalue weighted by atomic mass is 15.3. The third-order valence-electron chi connectivity index (χ3n) is 3.60. The molecule has 5 nitrogen and oxygen atoms in total. The van der Waals surface area contributed by atoms with E-state index in [1.807, 2.05) is 48.5 Å². The minimum atomic E-state index is -0.00722. The maximum atomic E-state index is 5.29. The summed E-state index contributed by atoms with van der Waals surface area (Å²) in [4.78, 5) is 2.20. The minimum absolute atomic E-state index is 0.00722. The molecule has 5 N–H and O–H groups in total. The van der Waals surface area contributed by atoms with Crippen LogP contribution in [0, 0.1) is 0 Å². The molecule has 5 heteroatoms. The van der Waals surface area contributed by atoms with Gasteiger partial charge in [-0.05, 0) is 48.5 Å². The van der Waals surface area contributed by atoms with Crippen molar-refractivity contribution in [3.8, 4) is 0 Å². The van der Waals surface area contributed by atoms with Crippen molar-refractivity contribution < 1.29 is 5.10 Å². The lowest BCUT2D eigenvalue weighted by Crippen LogP contribution is -2.63. The van der Waals surface area contributed by atoms with E-state index in [4.69, 9.17) is 11.5 Å². The van der Waals surface area contributed by atoms with Crippen LogP contribution in [0.1, 0.15) is 5.56 Å². The molecule has 0 aliphatic heterocycles. The van der Waals surface area contributed by atoms with Gasteiger partial charge in [0, 0.05) is 27.7 Å². The average Bonchev–Trinajstić information content (AvgIpc) is 2.65. The van der Waals surface area contributed by atoms with Gasteiger partial charge in [-0.15, -0.1) is 5.10 Å². The Bertz CT molecular complexity index is 812. The monoisotopic (exact) mass is 330 g/mol. The van der Waals surface area contributed by atoms with Gasteiger partial charge in [-0.2, -0.15) is 0 Å². The van der Waals surface area contributed by atoms with E-state index in [0.29, 0.717) is 0 Å². The number of hydrazone groups is 1. The Morgan fingerprint density at radius 2 is 1.20 bits per heavy atom. The molecule has 0 saturated carbocycles. The molecule has 0 aliphatic carbocycles. The zero-order valence-electron chi connectivity index (χ0n) is 13.7. The van der Waals surface area contributed by atoms with Gasteiger partial charge in [0.2, 0.25) is 6.21 Å². The quantitative estimate of drug-likeness (QED) is 0.379. The number of guanidine groups is 1. The standard InChI is InChI=1S/C20H19N5/c21-20(22)24-23-15-16-11-13-19(14-12-16)25(17-7-3-1-4-8-17)18-9-5-2-6-10-18/h1-15H,(H4,21,22,24)/p+1/b23-15-. The lowest BCUT2D eigenvalue weighted by molar-refractivity contribution is -0.456. The molecule has 0 amide bonds. The maximum absolute atomic E-state index is 5.29. The molecular weight excluding hydrogens is 310 g/mol. The molecule has 0 heterocycles. The number of hydrogen-bond acceptors (Lipinski definition) is 2. The van der Waals surface area contributed by atoms with Gasteiger partial charge in [0.25, 0.3) is 5.96 Å². The molecule has 0 aliphatic rings. The molecular formula is C20H20N5+. The number of hydrogen-bond donors (Lipinski definition) is 3. The van der Waals surface area contributed by atoms with Gasteiger partial charge in [-0.3, -0.25) is 0 Å². The fraction of sp³-hybridized carbons (Fsp3) is 0. The summed E-state index contributed by atoms with van der Waals surface area (Å²) in [6, 6.07) is 28.7. The number of para-hydroxylation sites is 2. The van der Waals surface area contributed by atoms with Crippen LogP contribution in [0.5, 0.6) is 0 Å². The van der Waals surface area contributed by atoms with Gasteiger partial charge in [0.05, 0.1) is 0 Å². The molecule has 3 aromatic carbocycles. The molecule has 0 aromatic heterocycles. The van der Waals surface area contributed by atoms with E-state index in [1.54, 1.807) is 6.21 Å². The Hall–Kier alpha value is -3.60. The van der Waals surface area contributed by atoms with Crippen LogP contribution in [0.15, 0.2) is 90.0 Å². The van der Waals surface area contributed by atoms with Crippen molar-refractivity contribution in [2.75, 3.05) is 4.90 Å². The molecule has 124 valence electrons. The van der Waals surface area contributed by atoms with E-state index in [9.17, 15) is 0 Å². The lowest BCUT2D eigenvalue weighted by atomic mass is 10.1. The highest BCUT2D eigenvalue weighted by Crippen LogP contribution is 2.33. The van der Waals surface area contributed by atoms with Crippen molar-refractivity contribution >= 4 is 29.2 Å². The fourth-order valence-electron chi connectivity index (χ4n) is 2.50. The van der Waals surface area contributed by atoms with Crippen LogP contribution in [0.2, 0.25) is 0 Å². The smallest absolute Gasteiger partial charge is 0.256 e. The summed E-state index contributed by atoms with van der Waals surface area (Å²) in [5.74, 6) is -0.00722. The Morgan fingerprint density at radius 1 is 0.720 bits per heavy atom. The lowest BCUT2D eigenvalue weighted by Gasteiger charge is -2.25. The topological polar surface area (TPSA) is 81.6 Å². The third-order valence-corrected chi connectivity index (χ3v) is 3.60. The second kappa shape index (κ2) is 7.79. The number of anilines is 3. The molecule has 0 atom stereocenters. The Kier molecular flexibility index (Phi) is 5.07. The Labute approximate surface area is 146 Å². The van der Waals surface area contributed by atoms with Crippen molar-refractivity contribution in [2.45, 2.75) is 0 Å². The summed E-state index contributed by atoms with van der Waals surface area (Å²) in [7, 11) is 0. The molecule has 25 heavy (non-hydrogen) atoms. The second-order valence-corrected chi connectivity index (χ2v) is 5.41. The molecule has 0 bridgehead atoms. The Balaban J connectivity index is 1.94. The van der Waals surface area contributed by atoms with Crippen molar-refractivity contribution in [1.29, 1.82) is 0 Å². The first-order valence-corrected chi connectivity index (χ1v) is 7.92. The number of rotatable bonds is 5. The zero-order chi connectivity index (χ0) is 17.5. The van der Waals surface area contributed by atoms with Crippen molar-refractivity contribution in [3.63, 3.8) is 0 Å². The summed E-state index contributed by atoms with van der Waals surface area (Å²) in [6.45, 7) is 0. The van der Waals surface area contributed by atoms with Crippen LogP contribution >= 0.6 is 0 Å². The van der Waals surface area contributed by atoms with Crippen LogP contribution < -0.4 is 21.5 Å².